The number of aromatic carboxylic acids is 1. The van der Waals surface area contributed by atoms with Crippen LogP contribution in [0.1, 0.15) is 35.3 Å². The number of carboxylic acids is 1. The first-order valence-electron chi connectivity index (χ1n) is 7.86. The third-order valence-electron chi connectivity index (χ3n) is 3.72. The van der Waals surface area contributed by atoms with Crippen molar-refractivity contribution in [3.63, 3.8) is 0 Å². The van der Waals surface area contributed by atoms with Crippen LogP contribution >= 0.6 is 0 Å². The summed E-state index contributed by atoms with van der Waals surface area (Å²) in [6.07, 6.45) is 7.46. The Morgan fingerprint density at radius 1 is 1.16 bits per heavy atom. The molecule has 7 nitrogen and oxygen atoms in total. The van der Waals surface area contributed by atoms with Gasteiger partial charge in [0.05, 0.1) is 23.0 Å². The Labute approximate surface area is 144 Å². The van der Waals surface area contributed by atoms with Gasteiger partial charge in [0.25, 0.3) is 0 Å². The summed E-state index contributed by atoms with van der Waals surface area (Å²) >= 11 is 0. The number of rotatable bonds is 6. The fourth-order valence-electron chi connectivity index (χ4n) is 2.43. The Kier molecular flexibility index (Phi) is 4.94. The summed E-state index contributed by atoms with van der Waals surface area (Å²) < 4.78 is 0. The molecule has 0 saturated heterocycles. The van der Waals surface area contributed by atoms with E-state index in [9.17, 15) is 4.79 Å². The van der Waals surface area contributed by atoms with E-state index < -0.39 is 5.97 Å². The molecule has 0 aliphatic carbocycles. The monoisotopic (exact) mass is 335 g/mol. The van der Waals surface area contributed by atoms with E-state index in [2.05, 4.69) is 32.2 Å². The molecule has 0 amide bonds. The molecule has 0 aliphatic heterocycles. The van der Waals surface area contributed by atoms with Crippen LogP contribution in [0.15, 0.2) is 55.1 Å². The van der Waals surface area contributed by atoms with Crippen LogP contribution in [0.3, 0.4) is 0 Å². The molecule has 0 aromatic carbocycles. The minimum Gasteiger partial charge on any atom is -0.478 e. The second-order valence-corrected chi connectivity index (χ2v) is 5.39. The normalized spacial score (nSPS) is 11.7. The van der Waals surface area contributed by atoms with Crippen molar-refractivity contribution in [3.05, 3.63) is 66.2 Å². The lowest BCUT2D eigenvalue weighted by molar-refractivity contribution is 0.0697. The van der Waals surface area contributed by atoms with E-state index in [-0.39, 0.29) is 11.6 Å². The maximum atomic E-state index is 11.1. The molecule has 0 saturated carbocycles. The minimum atomic E-state index is -1.00. The zero-order valence-corrected chi connectivity index (χ0v) is 13.6. The molecular weight excluding hydrogens is 318 g/mol. The summed E-state index contributed by atoms with van der Waals surface area (Å²) in [4.78, 5) is 28.2. The maximum Gasteiger partial charge on any atom is 0.335 e. The molecule has 126 valence electrons. The Hall–Kier alpha value is -3.35. The van der Waals surface area contributed by atoms with Crippen LogP contribution < -0.4 is 5.32 Å². The molecule has 7 heteroatoms. The summed E-state index contributed by atoms with van der Waals surface area (Å²) in [6.45, 7) is 2.06. The van der Waals surface area contributed by atoms with E-state index >= 15 is 0 Å². The number of carbonyl (C=O) groups is 1. The zero-order chi connectivity index (χ0) is 17.6. The van der Waals surface area contributed by atoms with Crippen LogP contribution in [0.4, 0.5) is 5.95 Å². The molecule has 3 heterocycles. The van der Waals surface area contributed by atoms with Gasteiger partial charge in [-0.2, -0.15) is 0 Å². The molecule has 2 N–H and O–H groups in total. The van der Waals surface area contributed by atoms with Crippen molar-refractivity contribution in [2.75, 3.05) is 5.32 Å². The number of carboxylic acid groups (broad SMARTS) is 1. The summed E-state index contributed by atoms with van der Waals surface area (Å²) in [6, 6.07) is 8.55. The number of nitrogens with zero attached hydrogens (tertiary/aromatic N) is 4. The van der Waals surface area contributed by atoms with Crippen LogP contribution in [0.25, 0.3) is 11.4 Å². The van der Waals surface area contributed by atoms with Crippen molar-refractivity contribution in [1.82, 2.24) is 19.9 Å². The molecule has 1 unspecified atom stereocenters. The molecule has 0 aliphatic rings. The van der Waals surface area contributed by atoms with E-state index in [0.29, 0.717) is 17.3 Å². The van der Waals surface area contributed by atoms with Gasteiger partial charge in [-0.15, -0.1) is 0 Å². The van der Waals surface area contributed by atoms with Crippen LogP contribution in [-0.4, -0.2) is 31.0 Å². The van der Waals surface area contributed by atoms with E-state index in [1.807, 2.05) is 18.3 Å². The molecule has 0 radical (unpaired) electrons. The molecule has 0 bridgehead atoms. The van der Waals surface area contributed by atoms with Gasteiger partial charge in [0, 0.05) is 24.8 Å². The summed E-state index contributed by atoms with van der Waals surface area (Å²) in [7, 11) is 0. The third-order valence-corrected chi connectivity index (χ3v) is 3.72. The van der Waals surface area contributed by atoms with Crippen LogP contribution in [0.2, 0.25) is 0 Å². The van der Waals surface area contributed by atoms with Gasteiger partial charge in [-0.3, -0.25) is 9.97 Å². The summed E-state index contributed by atoms with van der Waals surface area (Å²) in [5.41, 5.74) is 2.26. The second kappa shape index (κ2) is 7.48. The first-order chi connectivity index (χ1) is 12.2. The molecule has 1 atom stereocenters. The Balaban J connectivity index is 1.86. The Morgan fingerprint density at radius 3 is 2.72 bits per heavy atom. The molecule has 25 heavy (non-hydrogen) atoms. The van der Waals surface area contributed by atoms with E-state index in [1.54, 1.807) is 18.5 Å². The van der Waals surface area contributed by atoms with Crippen LogP contribution in [-0.2, 0) is 0 Å². The standard InChI is InChI=1S/C18H17N5O2/c1-2-14(13-4-3-7-19-11-13)22-18-21-9-6-15(23-18)16-10-12(17(24)25)5-8-20-16/h3-11,14H,2H2,1H3,(H,24,25)(H,21,22,23). The van der Waals surface area contributed by atoms with Crippen molar-refractivity contribution in [1.29, 1.82) is 0 Å². The summed E-state index contributed by atoms with van der Waals surface area (Å²) in [5.74, 6) is -0.547. The minimum absolute atomic E-state index is 0.0299. The predicted octanol–water partition coefficient (Wildman–Crippen LogP) is 3.20. The smallest absolute Gasteiger partial charge is 0.335 e. The zero-order valence-electron chi connectivity index (χ0n) is 13.6. The Morgan fingerprint density at radius 2 is 2.00 bits per heavy atom. The van der Waals surface area contributed by atoms with E-state index in [1.165, 1.54) is 18.3 Å². The molecule has 3 aromatic heterocycles. The number of hydrogen-bond acceptors (Lipinski definition) is 6. The van der Waals surface area contributed by atoms with Crippen molar-refractivity contribution >= 4 is 11.9 Å². The quantitative estimate of drug-likeness (QED) is 0.713. The molecular formula is C18H17N5O2. The average molecular weight is 335 g/mol. The highest BCUT2D eigenvalue weighted by atomic mass is 16.4. The van der Waals surface area contributed by atoms with Gasteiger partial charge in [-0.05, 0) is 36.2 Å². The lowest BCUT2D eigenvalue weighted by Gasteiger charge is -2.17. The first-order valence-corrected chi connectivity index (χ1v) is 7.86. The SMILES string of the molecule is CCC(Nc1nccc(-c2cc(C(=O)O)ccn2)n1)c1cccnc1. The molecule has 0 fully saturated rings. The topological polar surface area (TPSA) is 101 Å². The van der Waals surface area contributed by atoms with Gasteiger partial charge in [-0.25, -0.2) is 14.8 Å². The van der Waals surface area contributed by atoms with Gasteiger partial charge in [0.2, 0.25) is 5.95 Å². The van der Waals surface area contributed by atoms with Gasteiger partial charge in [0.15, 0.2) is 0 Å². The number of pyridine rings is 2. The lowest BCUT2D eigenvalue weighted by atomic mass is 10.1. The van der Waals surface area contributed by atoms with Crippen molar-refractivity contribution in [3.8, 4) is 11.4 Å². The van der Waals surface area contributed by atoms with Gasteiger partial charge < -0.3 is 10.4 Å². The van der Waals surface area contributed by atoms with Crippen molar-refractivity contribution in [2.45, 2.75) is 19.4 Å². The summed E-state index contributed by atoms with van der Waals surface area (Å²) in [5, 5.41) is 12.4. The van der Waals surface area contributed by atoms with Crippen LogP contribution in [0.5, 0.6) is 0 Å². The van der Waals surface area contributed by atoms with Crippen LogP contribution in [0, 0.1) is 0 Å². The van der Waals surface area contributed by atoms with Gasteiger partial charge in [0.1, 0.15) is 0 Å². The van der Waals surface area contributed by atoms with Crippen molar-refractivity contribution in [2.24, 2.45) is 0 Å². The third kappa shape index (κ3) is 3.95. The van der Waals surface area contributed by atoms with Gasteiger partial charge in [-0.1, -0.05) is 13.0 Å². The Bertz CT molecular complexity index is 870. The fourth-order valence-corrected chi connectivity index (χ4v) is 2.43. The second-order valence-electron chi connectivity index (χ2n) is 5.39. The average Bonchev–Trinajstić information content (AvgIpc) is 2.67. The lowest BCUT2D eigenvalue weighted by Crippen LogP contribution is -2.12. The number of hydrogen-bond donors (Lipinski definition) is 2. The molecule has 3 rings (SSSR count). The number of anilines is 1. The first kappa shape index (κ1) is 16.5. The highest BCUT2D eigenvalue weighted by Gasteiger charge is 2.12. The molecule has 0 spiro atoms. The number of aromatic nitrogens is 4. The highest BCUT2D eigenvalue weighted by molar-refractivity contribution is 5.88. The van der Waals surface area contributed by atoms with E-state index in [4.69, 9.17) is 5.11 Å². The highest BCUT2D eigenvalue weighted by Crippen LogP contribution is 2.21. The fraction of sp³-hybridized carbons (Fsp3) is 0.167. The maximum absolute atomic E-state index is 11.1. The molecule has 3 aromatic rings. The van der Waals surface area contributed by atoms with Crippen molar-refractivity contribution < 1.29 is 9.90 Å². The number of nitrogens with one attached hydrogen (secondary N) is 1. The van der Waals surface area contributed by atoms with E-state index in [0.717, 1.165) is 12.0 Å². The predicted molar refractivity (Wildman–Crippen MR) is 93.1 cm³/mol. The van der Waals surface area contributed by atoms with Gasteiger partial charge >= 0.3 is 5.97 Å². The largest absolute Gasteiger partial charge is 0.478 e.